The van der Waals surface area contributed by atoms with E-state index in [9.17, 15) is 14.4 Å². The molecule has 3 amide bonds. The summed E-state index contributed by atoms with van der Waals surface area (Å²) in [6.45, 7) is 9.61. The lowest BCUT2D eigenvalue weighted by atomic mass is 10.1. The Morgan fingerprint density at radius 2 is 1.67 bits per heavy atom. The van der Waals surface area contributed by atoms with E-state index >= 15 is 0 Å². The molecule has 0 heterocycles. The first kappa shape index (κ1) is 22.6. The van der Waals surface area contributed by atoms with Crippen LogP contribution in [0.1, 0.15) is 33.3 Å². The van der Waals surface area contributed by atoms with Crippen LogP contribution in [-0.2, 0) is 14.4 Å². The van der Waals surface area contributed by atoms with Gasteiger partial charge in [-0.3, -0.25) is 14.4 Å². The lowest BCUT2D eigenvalue weighted by molar-refractivity contribution is -0.886. The van der Waals surface area contributed by atoms with E-state index in [2.05, 4.69) is 10.6 Å². The van der Waals surface area contributed by atoms with Crippen molar-refractivity contribution < 1.29 is 19.3 Å². The first-order chi connectivity index (χ1) is 12.4. The van der Waals surface area contributed by atoms with E-state index in [-0.39, 0.29) is 36.3 Å². The molecule has 0 aliphatic rings. The Balaban J connectivity index is 2.54. The summed E-state index contributed by atoms with van der Waals surface area (Å²) in [5, 5.41) is 5.66. The van der Waals surface area contributed by atoms with Gasteiger partial charge in [-0.25, -0.2) is 0 Å². The first-order valence-corrected chi connectivity index (χ1v) is 9.14. The van der Waals surface area contributed by atoms with E-state index in [1.807, 2.05) is 52.0 Å². The third-order valence-electron chi connectivity index (χ3n) is 4.16. The Bertz CT molecular complexity index is 665. The van der Waals surface area contributed by atoms with E-state index in [1.165, 1.54) is 4.90 Å². The Labute approximate surface area is 162 Å². The lowest BCUT2D eigenvalue weighted by Gasteiger charge is -2.26. The van der Waals surface area contributed by atoms with Crippen molar-refractivity contribution in [2.45, 2.75) is 46.2 Å². The van der Waals surface area contributed by atoms with E-state index in [4.69, 9.17) is 0 Å². The van der Waals surface area contributed by atoms with Crippen molar-refractivity contribution in [3.8, 4) is 0 Å². The number of nitrogens with zero attached hydrogens (tertiary/aromatic N) is 1. The van der Waals surface area contributed by atoms with Crippen LogP contribution in [0, 0.1) is 6.92 Å². The zero-order chi connectivity index (χ0) is 20.8. The van der Waals surface area contributed by atoms with Crippen molar-refractivity contribution in [1.29, 1.82) is 0 Å². The van der Waals surface area contributed by atoms with Crippen molar-refractivity contribution in [2.75, 3.05) is 32.5 Å². The van der Waals surface area contributed by atoms with Crippen LogP contribution in [0.3, 0.4) is 0 Å². The molecule has 7 nitrogen and oxygen atoms in total. The molecule has 0 radical (unpaired) electrons. The molecule has 0 aromatic heterocycles. The van der Waals surface area contributed by atoms with Gasteiger partial charge in [0.05, 0.1) is 13.6 Å². The molecule has 0 fully saturated rings. The number of hydrogen-bond donors (Lipinski definition) is 3. The second-order valence-electron chi connectivity index (χ2n) is 8.15. The van der Waals surface area contributed by atoms with Crippen molar-refractivity contribution in [2.24, 2.45) is 0 Å². The van der Waals surface area contributed by atoms with Crippen LogP contribution < -0.4 is 15.5 Å². The summed E-state index contributed by atoms with van der Waals surface area (Å²) in [5.74, 6) is -0.556. The standard InChI is InChI=1S/C20H32N4O3/c1-14-8-10-16(11-9-14)21-17(25)12-24(7)19(27)15(2)23(6)13-18(26)22-20(3,4)5/h8-11,15H,12-13H2,1-7H3,(H,21,25)(H,22,26)/p+1/t15-/m0/s1. The highest BCUT2D eigenvalue weighted by Gasteiger charge is 2.28. The van der Waals surface area contributed by atoms with Gasteiger partial charge in [-0.05, 0) is 46.8 Å². The average Bonchev–Trinajstić information content (AvgIpc) is 2.53. The Hall–Kier alpha value is -2.41. The molecule has 0 saturated heterocycles. The van der Waals surface area contributed by atoms with Crippen LogP contribution in [0.4, 0.5) is 5.69 Å². The van der Waals surface area contributed by atoms with Gasteiger partial charge in [-0.15, -0.1) is 0 Å². The molecule has 0 aliphatic carbocycles. The average molecular weight is 378 g/mol. The minimum Gasteiger partial charge on any atom is -0.347 e. The van der Waals surface area contributed by atoms with Gasteiger partial charge in [-0.2, -0.15) is 0 Å². The molecule has 3 N–H and O–H groups in total. The van der Waals surface area contributed by atoms with Crippen molar-refractivity contribution in [1.82, 2.24) is 10.2 Å². The number of benzene rings is 1. The summed E-state index contributed by atoms with van der Waals surface area (Å²) in [4.78, 5) is 38.9. The fraction of sp³-hybridized carbons (Fsp3) is 0.550. The molecule has 1 aromatic rings. The predicted octanol–water partition coefficient (Wildman–Crippen LogP) is 0.210. The first-order valence-electron chi connectivity index (χ1n) is 9.14. The maximum absolute atomic E-state index is 12.6. The number of carbonyl (C=O) groups excluding carboxylic acids is 3. The maximum Gasteiger partial charge on any atom is 0.280 e. The molecule has 1 aromatic carbocycles. The van der Waals surface area contributed by atoms with Gasteiger partial charge in [0.15, 0.2) is 12.6 Å². The van der Waals surface area contributed by atoms with Crippen LogP contribution in [0.25, 0.3) is 0 Å². The quantitative estimate of drug-likeness (QED) is 0.635. The third kappa shape index (κ3) is 8.21. The highest BCUT2D eigenvalue weighted by atomic mass is 16.2. The molecule has 7 heteroatoms. The zero-order valence-corrected chi connectivity index (χ0v) is 17.5. The van der Waals surface area contributed by atoms with Crippen LogP contribution in [-0.4, -0.2) is 61.4 Å². The van der Waals surface area contributed by atoms with Gasteiger partial charge in [0.1, 0.15) is 0 Å². The van der Waals surface area contributed by atoms with Crippen LogP contribution in [0.2, 0.25) is 0 Å². The van der Waals surface area contributed by atoms with E-state index < -0.39 is 6.04 Å². The molecule has 1 unspecified atom stereocenters. The lowest BCUT2D eigenvalue weighted by Crippen LogP contribution is -3.15. The molecule has 0 saturated carbocycles. The summed E-state index contributed by atoms with van der Waals surface area (Å²) >= 11 is 0. The molecule has 150 valence electrons. The van der Waals surface area contributed by atoms with Gasteiger partial charge in [0.2, 0.25) is 5.91 Å². The van der Waals surface area contributed by atoms with Crippen LogP contribution in [0.15, 0.2) is 24.3 Å². The highest BCUT2D eigenvalue weighted by molar-refractivity contribution is 5.95. The molecule has 0 bridgehead atoms. The molecule has 2 atom stereocenters. The number of likely N-dealkylation sites (N-methyl/N-ethyl adjacent to an activating group) is 2. The van der Waals surface area contributed by atoms with E-state index in [0.29, 0.717) is 5.69 Å². The van der Waals surface area contributed by atoms with E-state index in [0.717, 1.165) is 10.5 Å². The van der Waals surface area contributed by atoms with Gasteiger partial charge >= 0.3 is 0 Å². The second kappa shape index (κ2) is 9.50. The predicted molar refractivity (Wildman–Crippen MR) is 107 cm³/mol. The number of rotatable bonds is 7. The zero-order valence-electron chi connectivity index (χ0n) is 17.5. The summed E-state index contributed by atoms with van der Waals surface area (Å²) in [6.07, 6.45) is 0. The molecule has 0 spiro atoms. The largest absolute Gasteiger partial charge is 0.347 e. The molecular formula is C20H33N4O3+. The topological polar surface area (TPSA) is 83.0 Å². The minimum atomic E-state index is -0.437. The molecule has 0 aliphatic heterocycles. The highest BCUT2D eigenvalue weighted by Crippen LogP contribution is 2.08. The fourth-order valence-electron chi connectivity index (χ4n) is 2.54. The Morgan fingerprint density at radius 1 is 1.11 bits per heavy atom. The summed E-state index contributed by atoms with van der Waals surface area (Å²) in [6, 6.07) is 7.03. The van der Waals surface area contributed by atoms with Crippen molar-refractivity contribution in [3.63, 3.8) is 0 Å². The summed E-state index contributed by atoms with van der Waals surface area (Å²) < 4.78 is 0. The summed E-state index contributed by atoms with van der Waals surface area (Å²) in [5.41, 5.74) is 1.49. The molecule has 1 rings (SSSR count). The number of amides is 3. The Morgan fingerprint density at radius 3 is 2.19 bits per heavy atom. The molecular weight excluding hydrogens is 344 g/mol. The third-order valence-corrected chi connectivity index (χ3v) is 4.16. The number of carbonyl (C=O) groups is 3. The van der Waals surface area contributed by atoms with Gasteiger partial charge < -0.3 is 20.4 Å². The number of hydrogen-bond acceptors (Lipinski definition) is 3. The summed E-state index contributed by atoms with van der Waals surface area (Å²) in [7, 11) is 3.39. The van der Waals surface area contributed by atoms with Gasteiger partial charge in [-0.1, -0.05) is 17.7 Å². The van der Waals surface area contributed by atoms with Crippen molar-refractivity contribution >= 4 is 23.4 Å². The van der Waals surface area contributed by atoms with Crippen LogP contribution in [0.5, 0.6) is 0 Å². The minimum absolute atomic E-state index is 0.0431. The van der Waals surface area contributed by atoms with Crippen LogP contribution >= 0.6 is 0 Å². The smallest absolute Gasteiger partial charge is 0.280 e. The number of quaternary nitrogens is 1. The SMILES string of the molecule is Cc1ccc(NC(=O)CN(C)C(=O)[C@H](C)[NH+](C)CC(=O)NC(C)(C)C)cc1. The second-order valence-corrected chi connectivity index (χ2v) is 8.15. The van der Waals surface area contributed by atoms with Crippen molar-refractivity contribution in [3.05, 3.63) is 29.8 Å². The van der Waals surface area contributed by atoms with Gasteiger partial charge in [0, 0.05) is 18.3 Å². The number of anilines is 1. The number of nitrogens with one attached hydrogen (secondary N) is 3. The Kier molecular flexibility index (Phi) is 7.97. The van der Waals surface area contributed by atoms with E-state index in [1.54, 1.807) is 21.0 Å². The fourth-order valence-corrected chi connectivity index (χ4v) is 2.54. The normalized spacial score (nSPS) is 13.4. The van der Waals surface area contributed by atoms with Gasteiger partial charge in [0.25, 0.3) is 11.8 Å². The number of aryl methyl sites for hydroxylation is 1. The monoisotopic (exact) mass is 377 g/mol. The maximum atomic E-state index is 12.6. The molecule has 27 heavy (non-hydrogen) atoms.